The average molecular weight is 226 g/mol. The van der Waals surface area contributed by atoms with Gasteiger partial charge in [-0.2, -0.15) is 0 Å². The number of hydrogen-bond acceptors (Lipinski definition) is 2. The van der Waals surface area contributed by atoms with Crippen molar-refractivity contribution < 1.29 is 9.53 Å². The number of nitrogens with zero attached hydrogens (tertiary/aromatic N) is 1. The van der Waals surface area contributed by atoms with E-state index in [1.165, 1.54) is 0 Å². The molecule has 0 aromatic heterocycles. The van der Waals surface area contributed by atoms with E-state index in [4.69, 9.17) is 4.74 Å². The fraction of sp³-hybridized carbons (Fsp3) is 0.917. The second-order valence-corrected chi connectivity index (χ2v) is 5.03. The molecule has 0 bridgehead atoms. The molecule has 0 radical (unpaired) electrons. The molecule has 0 spiro atoms. The van der Waals surface area contributed by atoms with Crippen LogP contribution >= 0.6 is 0 Å². The van der Waals surface area contributed by atoms with Gasteiger partial charge in [-0.15, -0.1) is 0 Å². The minimum atomic E-state index is 0.0994. The van der Waals surface area contributed by atoms with Gasteiger partial charge in [0, 0.05) is 19.7 Å². The normalized spacial score (nSPS) is 27.8. The Balaban J connectivity index is 1.74. The molecule has 92 valence electrons. The van der Waals surface area contributed by atoms with Crippen molar-refractivity contribution in [3.63, 3.8) is 0 Å². The third-order valence-electron chi connectivity index (χ3n) is 3.56. The average Bonchev–Trinajstić information content (AvgIpc) is 2.31. The van der Waals surface area contributed by atoms with E-state index >= 15 is 0 Å². The van der Waals surface area contributed by atoms with Gasteiger partial charge in [-0.1, -0.05) is 6.92 Å². The van der Waals surface area contributed by atoms with Crippen molar-refractivity contribution in [2.45, 2.75) is 38.6 Å². The van der Waals surface area contributed by atoms with Gasteiger partial charge < -0.3 is 15.0 Å². The van der Waals surface area contributed by atoms with E-state index in [1.54, 1.807) is 0 Å². The summed E-state index contributed by atoms with van der Waals surface area (Å²) in [5.41, 5.74) is 0. The fourth-order valence-corrected chi connectivity index (χ4v) is 2.33. The molecule has 2 heterocycles. The smallest absolute Gasteiger partial charge is 0.317 e. The van der Waals surface area contributed by atoms with Gasteiger partial charge in [-0.25, -0.2) is 4.79 Å². The van der Waals surface area contributed by atoms with E-state index in [2.05, 4.69) is 12.2 Å². The Morgan fingerprint density at radius 1 is 1.31 bits per heavy atom. The Bertz CT molecular complexity index is 231. The maximum atomic E-state index is 11.9. The zero-order valence-electron chi connectivity index (χ0n) is 10.1. The van der Waals surface area contributed by atoms with Crippen molar-refractivity contribution in [3.05, 3.63) is 0 Å². The van der Waals surface area contributed by atoms with Crippen LogP contribution in [-0.4, -0.2) is 43.3 Å². The predicted molar refractivity (Wildman–Crippen MR) is 62.3 cm³/mol. The molecule has 1 N–H and O–H groups in total. The number of hydrogen-bond donors (Lipinski definition) is 1. The lowest BCUT2D eigenvalue weighted by atomic mass is 9.99. The van der Waals surface area contributed by atoms with Crippen LogP contribution in [0.2, 0.25) is 0 Å². The molecule has 1 atom stereocenters. The summed E-state index contributed by atoms with van der Waals surface area (Å²) in [6.07, 6.45) is 4.38. The van der Waals surface area contributed by atoms with Crippen molar-refractivity contribution in [3.8, 4) is 0 Å². The summed E-state index contributed by atoms with van der Waals surface area (Å²) < 4.78 is 5.35. The monoisotopic (exact) mass is 226 g/mol. The largest absolute Gasteiger partial charge is 0.379 e. The highest BCUT2D eigenvalue weighted by Gasteiger charge is 2.23. The zero-order valence-corrected chi connectivity index (χ0v) is 10.1. The number of carbonyl (C=O) groups excluding carboxylic acids is 1. The number of rotatable bonds is 1. The molecule has 16 heavy (non-hydrogen) atoms. The topological polar surface area (TPSA) is 41.6 Å². The van der Waals surface area contributed by atoms with Gasteiger partial charge in [0.1, 0.15) is 0 Å². The van der Waals surface area contributed by atoms with Crippen molar-refractivity contribution in [2.75, 3.05) is 26.3 Å². The molecule has 1 unspecified atom stereocenters. The van der Waals surface area contributed by atoms with Crippen LogP contribution in [0, 0.1) is 5.92 Å². The van der Waals surface area contributed by atoms with Gasteiger partial charge in [0.25, 0.3) is 0 Å². The first-order valence-electron chi connectivity index (χ1n) is 6.39. The van der Waals surface area contributed by atoms with Crippen LogP contribution in [0.3, 0.4) is 0 Å². The number of carbonyl (C=O) groups is 1. The maximum absolute atomic E-state index is 11.9. The van der Waals surface area contributed by atoms with E-state index in [0.29, 0.717) is 6.61 Å². The number of piperidine rings is 1. The minimum Gasteiger partial charge on any atom is -0.379 e. The third kappa shape index (κ3) is 3.11. The summed E-state index contributed by atoms with van der Waals surface area (Å²) in [7, 11) is 0. The standard InChI is InChI=1S/C12H22N2O2/c1-10-4-6-14(7-5-10)12(15)13-11-3-2-8-16-9-11/h10-11H,2-9H2,1H3,(H,13,15). The van der Waals surface area contributed by atoms with Gasteiger partial charge in [-0.3, -0.25) is 0 Å². The quantitative estimate of drug-likeness (QED) is 0.738. The Morgan fingerprint density at radius 3 is 2.69 bits per heavy atom. The maximum Gasteiger partial charge on any atom is 0.317 e. The van der Waals surface area contributed by atoms with Crippen LogP contribution in [0.1, 0.15) is 32.6 Å². The molecular weight excluding hydrogens is 204 g/mol. The molecule has 2 aliphatic rings. The molecule has 2 aliphatic heterocycles. The first-order chi connectivity index (χ1) is 7.75. The number of likely N-dealkylation sites (tertiary alicyclic amines) is 1. The van der Waals surface area contributed by atoms with Gasteiger partial charge in [0.2, 0.25) is 0 Å². The Morgan fingerprint density at radius 2 is 2.06 bits per heavy atom. The van der Waals surface area contributed by atoms with E-state index < -0.39 is 0 Å². The van der Waals surface area contributed by atoms with Crippen molar-refractivity contribution in [2.24, 2.45) is 5.92 Å². The lowest BCUT2D eigenvalue weighted by Gasteiger charge is -2.32. The Labute approximate surface area is 97.3 Å². The molecule has 0 aliphatic carbocycles. The molecule has 0 aromatic rings. The molecule has 4 heteroatoms. The molecule has 2 saturated heterocycles. The zero-order chi connectivity index (χ0) is 11.4. The predicted octanol–water partition coefficient (Wildman–Crippen LogP) is 1.61. The summed E-state index contributed by atoms with van der Waals surface area (Å²) >= 11 is 0. The first kappa shape index (κ1) is 11.7. The van der Waals surface area contributed by atoms with Crippen molar-refractivity contribution in [1.29, 1.82) is 0 Å². The minimum absolute atomic E-state index is 0.0994. The van der Waals surface area contributed by atoms with E-state index in [1.807, 2.05) is 4.90 Å². The van der Waals surface area contributed by atoms with Crippen LogP contribution in [0.25, 0.3) is 0 Å². The van der Waals surface area contributed by atoms with Gasteiger partial charge in [0.05, 0.1) is 12.6 Å². The molecule has 2 rings (SSSR count). The molecule has 0 saturated carbocycles. The SMILES string of the molecule is CC1CCN(C(=O)NC2CCCOC2)CC1. The van der Waals surface area contributed by atoms with Gasteiger partial charge in [-0.05, 0) is 31.6 Å². The summed E-state index contributed by atoms with van der Waals surface area (Å²) in [5.74, 6) is 0.766. The number of nitrogens with one attached hydrogen (secondary N) is 1. The number of amides is 2. The molecule has 0 aromatic carbocycles. The highest BCUT2D eigenvalue weighted by molar-refractivity contribution is 5.74. The van der Waals surface area contributed by atoms with E-state index in [0.717, 1.165) is 51.3 Å². The van der Waals surface area contributed by atoms with Crippen LogP contribution in [0.4, 0.5) is 4.79 Å². The lowest BCUT2D eigenvalue weighted by Crippen LogP contribution is -2.49. The van der Waals surface area contributed by atoms with E-state index in [9.17, 15) is 4.79 Å². The Hall–Kier alpha value is -0.770. The molecule has 2 fully saturated rings. The second kappa shape index (κ2) is 5.53. The summed E-state index contributed by atoms with van der Waals surface area (Å²) in [6.45, 7) is 5.58. The highest BCUT2D eigenvalue weighted by Crippen LogP contribution is 2.16. The summed E-state index contributed by atoms with van der Waals surface area (Å²) in [5, 5.41) is 3.07. The van der Waals surface area contributed by atoms with Crippen LogP contribution < -0.4 is 5.32 Å². The van der Waals surface area contributed by atoms with Crippen molar-refractivity contribution >= 4 is 6.03 Å². The summed E-state index contributed by atoms with van der Waals surface area (Å²) in [6, 6.07) is 0.322. The van der Waals surface area contributed by atoms with Gasteiger partial charge >= 0.3 is 6.03 Å². The first-order valence-corrected chi connectivity index (χ1v) is 6.39. The van der Waals surface area contributed by atoms with Crippen LogP contribution in [0.15, 0.2) is 0 Å². The van der Waals surface area contributed by atoms with E-state index in [-0.39, 0.29) is 12.1 Å². The molecule has 2 amide bonds. The third-order valence-corrected chi connectivity index (χ3v) is 3.56. The van der Waals surface area contributed by atoms with Crippen LogP contribution in [-0.2, 0) is 4.74 Å². The highest BCUT2D eigenvalue weighted by atomic mass is 16.5. The lowest BCUT2D eigenvalue weighted by molar-refractivity contribution is 0.0697. The van der Waals surface area contributed by atoms with Crippen molar-refractivity contribution in [1.82, 2.24) is 10.2 Å². The van der Waals surface area contributed by atoms with Crippen LogP contribution in [0.5, 0.6) is 0 Å². The summed E-state index contributed by atoms with van der Waals surface area (Å²) in [4.78, 5) is 13.9. The fourth-order valence-electron chi connectivity index (χ4n) is 2.33. The number of urea groups is 1. The Kier molecular flexibility index (Phi) is 4.04. The second-order valence-electron chi connectivity index (χ2n) is 5.03. The molecular formula is C12H22N2O2. The van der Waals surface area contributed by atoms with Gasteiger partial charge in [0.15, 0.2) is 0 Å². The molecule has 4 nitrogen and oxygen atoms in total. The number of ether oxygens (including phenoxy) is 1.